The zero-order valence-electron chi connectivity index (χ0n) is 15.0. The summed E-state index contributed by atoms with van der Waals surface area (Å²) in [6.07, 6.45) is 2.12. The van der Waals surface area contributed by atoms with Crippen LogP contribution in [0.4, 0.5) is 0 Å². The van der Waals surface area contributed by atoms with Gasteiger partial charge in [-0.25, -0.2) is 0 Å². The zero-order chi connectivity index (χ0) is 18.6. The number of likely N-dealkylation sites (tertiary alicyclic amines) is 1. The lowest BCUT2D eigenvalue weighted by atomic mass is 9.96. The van der Waals surface area contributed by atoms with E-state index in [1.54, 1.807) is 35.6 Å². The second kappa shape index (κ2) is 8.06. The summed E-state index contributed by atoms with van der Waals surface area (Å²) in [5.74, 6) is 0.215. The molecule has 1 fully saturated rings. The normalized spacial score (nSPS) is 15.9. The van der Waals surface area contributed by atoms with Gasteiger partial charge in [0.25, 0.3) is 5.91 Å². The first-order valence-electron chi connectivity index (χ1n) is 9.23. The Morgan fingerprint density at radius 2 is 2.04 bits per heavy atom. The molecule has 1 saturated heterocycles. The smallest absolute Gasteiger partial charge is 0.287 e. The molecule has 0 bridgehead atoms. The van der Waals surface area contributed by atoms with Crippen molar-refractivity contribution in [3.63, 3.8) is 0 Å². The molecule has 0 aliphatic carbocycles. The van der Waals surface area contributed by atoms with Crippen LogP contribution in [0.2, 0.25) is 0 Å². The highest BCUT2D eigenvalue weighted by Gasteiger charge is 2.21. The van der Waals surface area contributed by atoms with Crippen LogP contribution < -0.4 is 10.7 Å². The number of thiophene rings is 1. The number of carbonyl (C=O) groups excluding carboxylic acids is 1. The van der Waals surface area contributed by atoms with Crippen LogP contribution in [-0.4, -0.2) is 30.4 Å². The number of nitrogens with one attached hydrogen (secondary N) is 1. The molecule has 1 aliphatic rings. The number of hydrogen-bond acceptors (Lipinski definition) is 5. The summed E-state index contributed by atoms with van der Waals surface area (Å²) in [6.45, 7) is 3.70. The molecular weight excluding hydrogens is 360 g/mol. The number of benzene rings is 1. The fraction of sp³-hybridized carbons (Fsp3) is 0.333. The van der Waals surface area contributed by atoms with Crippen molar-refractivity contribution in [2.75, 3.05) is 19.6 Å². The number of hydrogen-bond donors (Lipinski definition) is 1. The lowest BCUT2D eigenvalue weighted by Crippen LogP contribution is -2.38. The van der Waals surface area contributed by atoms with Crippen molar-refractivity contribution in [1.29, 1.82) is 0 Å². The van der Waals surface area contributed by atoms with Crippen LogP contribution in [0.25, 0.3) is 11.0 Å². The van der Waals surface area contributed by atoms with Crippen molar-refractivity contribution in [2.45, 2.75) is 19.4 Å². The molecule has 1 aliphatic heterocycles. The van der Waals surface area contributed by atoms with Crippen LogP contribution in [0.5, 0.6) is 0 Å². The van der Waals surface area contributed by atoms with E-state index in [0.29, 0.717) is 23.4 Å². The summed E-state index contributed by atoms with van der Waals surface area (Å²) in [6, 6.07) is 10.4. The van der Waals surface area contributed by atoms with Gasteiger partial charge >= 0.3 is 0 Å². The van der Waals surface area contributed by atoms with E-state index in [0.717, 1.165) is 32.5 Å². The minimum Gasteiger partial charge on any atom is -0.451 e. The van der Waals surface area contributed by atoms with Crippen molar-refractivity contribution >= 4 is 28.2 Å². The Bertz CT molecular complexity index is 973. The number of para-hydroxylation sites is 1. The maximum absolute atomic E-state index is 12.4. The first-order chi connectivity index (χ1) is 13.2. The topological polar surface area (TPSA) is 62.6 Å². The van der Waals surface area contributed by atoms with E-state index < -0.39 is 0 Å². The second-order valence-corrected chi connectivity index (χ2v) is 7.81. The van der Waals surface area contributed by atoms with Crippen molar-refractivity contribution in [3.8, 4) is 0 Å². The van der Waals surface area contributed by atoms with Crippen molar-refractivity contribution in [3.05, 3.63) is 68.7 Å². The number of nitrogens with zero attached hydrogens (tertiary/aromatic N) is 1. The highest BCUT2D eigenvalue weighted by atomic mass is 32.1. The van der Waals surface area contributed by atoms with Gasteiger partial charge in [-0.05, 0) is 66.4 Å². The molecule has 0 saturated carbocycles. The van der Waals surface area contributed by atoms with Gasteiger partial charge in [0.2, 0.25) is 0 Å². The number of carbonyl (C=O) groups is 1. The van der Waals surface area contributed by atoms with Crippen molar-refractivity contribution < 1.29 is 9.21 Å². The van der Waals surface area contributed by atoms with Gasteiger partial charge in [-0.1, -0.05) is 12.1 Å². The van der Waals surface area contributed by atoms with Crippen LogP contribution >= 0.6 is 11.3 Å². The maximum Gasteiger partial charge on any atom is 0.287 e. The number of amides is 1. The van der Waals surface area contributed by atoms with E-state index in [4.69, 9.17) is 4.42 Å². The van der Waals surface area contributed by atoms with E-state index in [2.05, 4.69) is 27.0 Å². The number of piperidine rings is 1. The lowest BCUT2D eigenvalue weighted by molar-refractivity contribution is 0.0908. The number of rotatable bonds is 5. The Balaban J connectivity index is 1.30. The average Bonchev–Trinajstić information content (AvgIpc) is 3.20. The molecule has 0 spiro atoms. The molecule has 0 atom stereocenters. The summed E-state index contributed by atoms with van der Waals surface area (Å²) in [7, 11) is 0. The first kappa shape index (κ1) is 17.9. The molecule has 3 heterocycles. The molecule has 0 unspecified atom stereocenters. The van der Waals surface area contributed by atoms with Crippen molar-refractivity contribution in [1.82, 2.24) is 10.2 Å². The molecule has 27 heavy (non-hydrogen) atoms. The molecule has 5 nitrogen and oxygen atoms in total. The third-order valence-corrected chi connectivity index (χ3v) is 5.84. The lowest BCUT2D eigenvalue weighted by Gasteiger charge is -2.31. The summed E-state index contributed by atoms with van der Waals surface area (Å²) >= 11 is 1.73. The predicted octanol–water partition coefficient (Wildman–Crippen LogP) is 3.50. The first-order valence-corrected chi connectivity index (χ1v) is 10.2. The van der Waals surface area contributed by atoms with E-state index >= 15 is 0 Å². The molecule has 2 aromatic heterocycles. The maximum atomic E-state index is 12.4. The van der Waals surface area contributed by atoms with E-state index in [1.807, 2.05) is 0 Å². The van der Waals surface area contributed by atoms with Gasteiger partial charge < -0.3 is 9.73 Å². The molecule has 1 amide bonds. The Morgan fingerprint density at radius 1 is 1.22 bits per heavy atom. The summed E-state index contributed by atoms with van der Waals surface area (Å²) in [5, 5.41) is 7.74. The highest BCUT2D eigenvalue weighted by Crippen LogP contribution is 2.19. The largest absolute Gasteiger partial charge is 0.451 e. The van der Waals surface area contributed by atoms with Gasteiger partial charge in [0.15, 0.2) is 11.2 Å². The van der Waals surface area contributed by atoms with E-state index in [9.17, 15) is 9.59 Å². The minimum absolute atomic E-state index is 0.0774. The molecule has 3 aromatic rings. The van der Waals surface area contributed by atoms with E-state index in [1.165, 1.54) is 11.6 Å². The highest BCUT2D eigenvalue weighted by molar-refractivity contribution is 7.07. The second-order valence-electron chi connectivity index (χ2n) is 7.03. The third-order valence-electron chi connectivity index (χ3n) is 5.10. The average molecular weight is 382 g/mol. The van der Waals surface area contributed by atoms with Gasteiger partial charge in [-0.2, -0.15) is 11.3 Å². The minimum atomic E-state index is -0.321. The Morgan fingerprint density at radius 3 is 2.81 bits per heavy atom. The van der Waals surface area contributed by atoms with E-state index in [-0.39, 0.29) is 17.1 Å². The van der Waals surface area contributed by atoms with Crippen LogP contribution in [0.15, 0.2) is 56.4 Å². The van der Waals surface area contributed by atoms with Gasteiger partial charge in [-0.15, -0.1) is 0 Å². The fourth-order valence-electron chi connectivity index (χ4n) is 3.53. The van der Waals surface area contributed by atoms with Crippen molar-refractivity contribution in [2.24, 2.45) is 5.92 Å². The SMILES string of the molecule is O=C(NCC1CCN(Cc2ccsc2)CC1)c1cc(=O)c2ccccc2o1. The Hall–Kier alpha value is -2.44. The molecule has 1 aromatic carbocycles. The Kier molecular flexibility index (Phi) is 5.36. The van der Waals surface area contributed by atoms with Gasteiger partial charge in [0.1, 0.15) is 5.58 Å². The van der Waals surface area contributed by atoms with Crippen LogP contribution in [0.1, 0.15) is 29.0 Å². The fourth-order valence-corrected chi connectivity index (χ4v) is 4.19. The summed E-state index contributed by atoms with van der Waals surface area (Å²) in [4.78, 5) is 27.0. The third kappa shape index (κ3) is 4.28. The number of fused-ring (bicyclic) bond motifs is 1. The Labute approximate surface area is 161 Å². The van der Waals surface area contributed by atoms with Gasteiger partial charge in [-0.3, -0.25) is 14.5 Å². The molecule has 1 N–H and O–H groups in total. The standard InChI is InChI=1S/C21H22N2O3S/c24-18-11-20(26-19-4-2-1-3-17(18)19)21(25)22-12-15-5-8-23(9-6-15)13-16-7-10-27-14-16/h1-4,7,10-11,14-15H,5-6,8-9,12-13H2,(H,22,25). The monoisotopic (exact) mass is 382 g/mol. The molecule has 4 rings (SSSR count). The van der Waals surface area contributed by atoms with Gasteiger partial charge in [0, 0.05) is 19.2 Å². The molecule has 6 heteroatoms. The zero-order valence-corrected chi connectivity index (χ0v) is 15.8. The van der Waals surface area contributed by atoms with Gasteiger partial charge in [0.05, 0.1) is 5.39 Å². The quantitative estimate of drug-likeness (QED) is 0.734. The molecular formula is C21H22N2O3S. The van der Waals surface area contributed by atoms with Crippen LogP contribution in [0, 0.1) is 5.92 Å². The molecule has 0 radical (unpaired) electrons. The van der Waals surface area contributed by atoms with Crippen LogP contribution in [-0.2, 0) is 6.54 Å². The molecule has 140 valence electrons. The van der Waals surface area contributed by atoms with Crippen LogP contribution in [0.3, 0.4) is 0 Å². The summed E-state index contributed by atoms with van der Waals surface area (Å²) < 4.78 is 5.60. The predicted molar refractivity (Wildman–Crippen MR) is 107 cm³/mol. The summed E-state index contributed by atoms with van der Waals surface area (Å²) in [5.41, 5.74) is 1.62.